The summed E-state index contributed by atoms with van der Waals surface area (Å²) in [7, 11) is 0. The molecule has 2 aromatic heterocycles. The van der Waals surface area contributed by atoms with Crippen molar-refractivity contribution in [1.29, 1.82) is 5.26 Å². The highest BCUT2D eigenvalue weighted by Gasteiger charge is 2.16. The first kappa shape index (κ1) is 12.2. The molecule has 0 saturated heterocycles. The smallest absolute Gasteiger partial charge is 0.103 e. The number of benzene rings is 1. The van der Waals surface area contributed by atoms with Crippen molar-refractivity contribution in [3.63, 3.8) is 0 Å². The minimum absolute atomic E-state index is 0.481. The summed E-state index contributed by atoms with van der Waals surface area (Å²) in [4.78, 5) is 4.30. The van der Waals surface area contributed by atoms with Crippen molar-refractivity contribution in [3.05, 3.63) is 47.4 Å². The second-order valence-electron chi connectivity index (χ2n) is 4.65. The molecule has 0 unspecified atom stereocenters. The van der Waals surface area contributed by atoms with Crippen molar-refractivity contribution >= 4 is 16.6 Å². The SMILES string of the molecule is Cc1nn(-c2c(C#N)cnc3ccccc23)c(C)c1N. The van der Waals surface area contributed by atoms with Gasteiger partial charge in [-0.25, -0.2) is 4.68 Å². The summed E-state index contributed by atoms with van der Waals surface area (Å²) in [5.74, 6) is 0. The quantitative estimate of drug-likeness (QED) is 0.731. The molecule has 0 saturated carbocycles. The first-order valence-corrected chi connectivity index (χ1v) is 6.23. The van der Waals surface area contributed by atoms with Gasteiger partial charge in [0, 0.05) is 11.6 Å². The van der Waals surface area contributed by atoms with Crippen molar-refractivity contribution < 1.29 is 0 Å². The normalized spacial score (nSPS) is 10.7. The summed E-state index contributed by atoms with van der Waals surface area (Å²) in [6.07, 6.45) is 1.57. The fourth-order valence-corrected chi connectivity index (χ4v) is 2.31. The number of aromatic nitrogens is 3. The van der Waals surface area contributed by atoms with Crippen LogP contribution in [0.25, 0.3) is 16.6 Å². The van der Waals surface area contributed by atoms with Gasteiger partial charge in [0.2, 0.25) is 0 Å². The molecule has 0 aliphatic rings. The zero-order valence-corrected chi connectivity index (χ0v) is 11.3. The standard InChI is InChI=1S/C15H13N5/c1-9-14(17)10(2)20(19-9)15-11(7-16)8-18-13-6-4-3-5-12(13)15/h3-6,8H,17H2,1-2H3. The number of para-hydroxylation sites is 1. The molecule has 0 radical (unpaired) electrons. The zero-order valence-electron chi connectivity index (χ0n) is 11.3. The van der Waals surface area contributed by atoms with Crippen LogP contribution in [0.1, 0.15) is 17.0 Å². The van der Waals surface area contributed by atoms with Crippen molar-refractivity contribution in [1.82, 2.24) is 14.8 Å². The lowest BCUT2D eigenvalue weighted by molar-refractivity contribution is 0.836. The van der Waals surface area contributed by atoms with Gasteiger partial charge in [-0.1, -0.05) is 18.2 Å². The molecule has 5 nitrogen and oxygen atoms in total. The van der Waals surface area contributed by atoms with E-state index in [1.165, 1.54) is 0 Å². The van der Waals surface area contributed by atoms with E-state index < -0.39 is 0 Å². The van der Waals surface area contributed by atoms with E-state index in [9.17, 15) is 5.26 Å². The van der Waals surface area contributed by atoms with Crippen molar-refractivity contribution in [2.45, 2.75) is 13.8 Å². The summed E-state index contributed by atoms with van der Waals surface area (Å²) in [6.45, 7) is 3.75. The Bertz CT molecular complexity index is 855. The molecule has 98 valence electrons. The average Bonchev–Trinajstić information content (AvgIpc) is 2.73. The van der Waals surface area contributed by atoms with Gasteiger partial charge >= 0.3 is 0 Å². The van der Waals surface area contributed by atoms with E-state index in [4.69, 9.17) is 5.73 Å². The lowest BCUT2D eigenvalue weighted by Gasteiger charge is -2.10. The second-order valence-corrected chi connectivity index (χ2v) is 4.65. The summed E-state index contributed by atoms with van der Waals surface area (Å²) >= 11 is 0. The molecule has 0 atom stereocenters. The van der Waals surface area contributed by atoms with E-state index in [-0.39, 0.29) is 0 Å². The van der Waals surface area contributed by atoms with Crippen LogP contribution in [0, 0.1) is 25.2 Å². The highest BCUT2D eigenvalue weighted by Crippen LogP contribution is 2.27. The maximum atomic E-state index is 9.34. The molecule has 0 aliphatic heterocycles. The Morgan fingerprint density at radius 1 is 1.25 bits per heavy atom. The molecule has 3 aromatic rings. The number of nitrogens with zero attached hydrogens (tertiary/aromatic N) is 4. The molecule has 5 heteroatoms. The zero-order chi connectivity index (χ0) is 14.3. The van der Waals surface area contributed by atoms with E-state index >= 15 is 0 Å². The van der Waals surface area contributed by atoms with Crippen LogP contribution < -0.4 is 5.73 Å². The molecule has 0 fully saturated rings. The number of nitrogens with two attached hydrogens (primary N) is 1. The van der Waals surface area contributed by atoms with Gasteiger partial charge in [-0.2, -0.15) is 10.4 Å². The average molecular weight is 263 g/mol. The van der Waals surface area contributed by atoms with Crippen molar-refractivity contribution in [2.24, 2.45) is 0 Å². The van der Waals surface area contributed by atoms with Crippen LogP contribution >= 0.6 is 0 Å². The molecular formula is C15H13N5. The fourth-order valence-electron chi connectivity index (χ4n) is 2.31. The Morgan fingerprint density at radius 2 is 2.00 bits per heavy atom. The Morgan fingerprint density at radius 3 is 2.65 bits per heavy atom. The van der Waals surface area contributed by atoms with Gasteiger partial charge in [-0.3, -0.25) is 4.98 Å². The van der Waals surface area contributed by atoms with Gasteiger partial charge in [0.1, 0.15) is 6.07 Å². The summed E-state index contributed by atoms with van der Waals surface area (Å²) in [5, 5.41) is 14.7. The van der Waals surface area contributed by atoms with Gasteiger partial charge in [-0.15, -0.1) is 0 Å². The van der Waals surface area contributed by atoms with E-state index in [1.807, 2.05) is 38.1 Å². The molecular weight excluding hydrogens is 250 g/mol. The topological polar surface area (TPSA) is 80.5 Å². The number of anilines is 1. The van der Waals surface area contributed by atoms with Crippen LogP contribution in [-0.2, 0) is 0 Å². The third-order valence-corrected chi connectivity index (χ3v) is 3.43. The van der Waals surface area contributed by atoms with Gasteiger partial charge in [0.25, 0.3) is 0 Å². The van der Waals surface area contributed by atoms with Gasteiger partial charge in [0.05, 0.1) is 33.8 Å². The Hall–Kier alpha value is -2.87. The Balaban J connectivity index is 2.45. The summed E-state index contributed by atoms with van der Waals surface area (Å²) < 4.78 is 1.73. The highest BCUT2D eigenvalue weighted by molar-refractivity contribution is 5.89. The number of fused-ring (bicyclic) bond motifs is 1. The first-order chi connectivity index (χ1) is 9.63. The van der Waals surface area contributed by atoms with Gasteiger partial charge in [0.15, 0.2) is 0 Å². The molecule has 0 aliphatic carbocycles. The fraction of sp³-hybridized carbons (Fsp3) is 0.133. The predicted octanol–water partition coefficient (Wildman–Crippen LogP) is 2.49. The number of hydrogen-bond donors (Lipinski definition) is 1. The number of pyridine rings is 1. The number of rotatable bonds is 1. The molecule has 0 spiro atoms. The van der Waals surface area contributed by atoms with Crippen molar-refractivity contribution in [2.75, 3.05) is 5.73 Å². The molecule has 2 heterocycles. The number of hydrogen-bond acceptors (Lipinski definition) is 4. The largest absolute Gasteiger partial charge is 0.396 e. The first-order valence-electron chi connectivity index (χ1n) is 6.23. The molecule has 20 heavy (non-hydrogen) atoms. The van der Waals surface area contributed by atoms with Gasteiger partial charge in [-0.05, 0) is 19.9 Å². The number of nitrogen functional groups attached to an aromatic ring is 1. The third-order valence-electron chi connectivity index (χ3n) is 3.43. The van der Waals surface area contributed by atoms with E-state index in [2.05, 4.69) is 16.2 Å². The number of aryl methyl sites for hydroxylation is 1. The van der Waals surface area contributed by atoms with Crippen LogP contribution in [0.3, 0.4) is 0 Å². The van der Waals surface area contributed by atoms with Crippen LogP contribution in [0.4, 0.5) is 5.69 Å². The molecule has 0 bridgehead atoms. The van der Waals surface area contributed by atoms with Crippen LogP contribution in [0.5, 0.6) is 0 Å². The molecule has 1 aromatic carbocycles. The highest BCUT2D eigenvalue weighted by atomic mass is 15.3. The minimum Gasteiger partial charge on any atom is -0.396 e. The minimum atomic E-state index is 0.481. The van der Waals surface area contributed by atoms with Crippen LogP contribution in [-0.4, -0.2) is 14.8 Å². The maximum absolute atomic E-state index is 9.34. The maximum Gasteiger partial charge on any atom is 0.103 e. The monoisotopic (exact) mass is 263 g/mol. The molecule has 0 amide bonds. The van der Waals surface area contributed by atoms with Crippen LogP contribution in [0.15, 0.2) is 30.5 Å². The van der Waals surface area contributed by atoms with E-state index in [0.717, 1.165) is 28.0 Å². The third kappa shape index (κ3) is 1.62. The second kappa shape index (κ2) is 4.35. The summed E-state index contributed by atoms with van der Waals surface area (Å²) in [6, 6.07) is 9.86. The Labute approximate surface area is 116 Å². The molecule has 3 rings (SSSR count). The van der Waals surface area contributed by atoms with Crippen molar-refractivity contribution in [3.8, 4) is 11.8 Å². The lowest BCUT2D eigenvalue weighted by atomic mass is 10.1. The summed E-state index contributed by atoms with van der Waals surface area (Å²) in [5.41, 5.74) is 10.3. The molecule has 2 N–H and O–H groups in total. The predicted molar refractivity (Wildman–Crippen MR) is 77.5 cm³/mol. The van der Waals surface area contributed by atoms with Crippen LogP contribution in [0.2, 0.25) is 0 Å². The van der Waals surface area contributed by atoms with E-state index in [1.54, 1.807) is 10.9 Å². The lowest BCUT2D eigenvalue weighted by Crippen LogP contribution is -2.04. The van der Waals surface area contributed by atoms with Gasteiger partial charge < -0.3 is 5.73 Å². The Kier molecular flexibility index (Phi) is 2.65. The number of nitriles is 1. The van der Waals surface area contributed by atoms with E-state index in [0.29, 0.717) is 11.3 Å².